The van der Waals surface area contributed by atoms with Crippen molar-refractivity contribution in [2.75, 3.05) is 17.2 Å². The Balaban J connectivity index is 1.81. The van der Waals surface area contributed by atoms with E-state index in [1.165, 1.54) is 6.92 Å². The van der Waals surface area contributed by atoms with Crippen LogP contribution in [0.2, 0.25) is 0 Å². The lowest BCUT2D eigenvalue weighted by molar-refractivity contribution is -0.380. The first-order chi connectivity index (χ1) is 16.0. The van der Waals surface area contributed by atoms with E-state index in [9.17, 15) is 24.5 Å². The Morgan fingerprint density at radius 1 is 1.12 bits per heavy atom. The van der Waals surface area contributed by atoms with Crippen LogP contribution >= 0.6 is 11.3 Å². The molecular formula is C22H29N5O6S. The molecule has 0 saturated carbocycles. The van der Waals surface area contributed by atoms with Crippen LogP contribution in [-0.4, -0.2) is 40.0 Å². The van der Waals surface area contributed by atoms with E-state index in [2.05, 4.69) is 20.9 Å². The lowest BCUT2D eigenvalue weighted by atomic mass is 10.1. The minimum absolute atomic E-state index is 0.107. The van der Waals surface area contributed by atoms with Gasteiger partial charge in [0, 0.05) is 13.0 Å². The van der Waals surface area contributed by atoms with Crippen molar-refractivity contribution in [2.24, 2.45) is 0 Å². The van der Waals surface area contributed by atoms with Gasteiger partial charge in [-0.1, -0.05) is 18.6 Å². The molecule has 0 aliphatic heterocycles. The number of anilines is 2. The van der Waals surface area contributed by atoms with E-state index < -0.39 is 22.5 Å². The third-order valence-electron chi connectivity index (χ3n) is 4.35. The van der Waals surface area contributed by atoms with E-state index >= 15 is 0 Å². The average Bonchev–Trinajstić information content (AvgIpc) is 3.09. The second kappa shape index (κ2) is 12.1. The fourth-order valence-corrected chi connectivity index (χ4v) is 3.65. The zero-order valence-corrected chi connectivity index (χ0v) is 20.4. The summed E-state index contributed by atoms with van der Waals surface area (Å²) in [6, 6.07) is 6.49. The van der Waals surface area contributed by atoms with Gasteiger partial charge in [-0.2, -0.15) is 0 Å². The fourth-order valence-electron chi connectivity index (χ4n) is 2.87. The van der Waals surface area contributed by atoms with E-state index in [1.807, 2.05) is 0 Å². The SMILES string of the molecule is Cc1nc(NC(=O)c2ccccc2NC(=O)CCCCCNC(=O)OC(C)(C)C)sc1[N+](=O)[O-]. The van der Waals surface area contributed by atoms with Gasteiger partial charge in [0.25, 0.3) is 5.91 Å². The number of nitrogens with one attached hydrogen (secondary N) is 3. The Bertz CT molecular complexity index is 1050. The maximum absolute atomic E-state index is 12.7. The molecule has 0 saturated heterocycles. The van der Waals surface area contributed by atoms with Gasteiger partial charge in [-0.15, -0.1) is 0 Å². The molecule has 1 aromatic heterocycles. The largest absolute Gasteiger partial charge is 0.444 e. The molecule has 12 heteroatoms. The van der Waals surface area contributed by atoms with Crippen LogP contribution in [-0.2, 0) is 9.53 Å². The summed E-state index contributed by atoms with van der Waals surface area (Å²) in [6.45, 7) is 7.32. The number of nitrogens with zero attached hydrogens (tertiary/aromatic N) is 2. The number of ether oxygens (including phenoxy) is 1. The summed E-state index contributed by atoms with van der Waals surface area (Å²) >= 11 is 0.769. The first kappa shape index (κ1) is 26.7. The van der Waals surface area contributed by atoms with E-state index in [-0.39, 0.29) is 33.7 Å². The third-order valence-corrected chi connectivity index (χ3v) is 5.38. The van der Waals surface area contributed by atoms with Gasteiger partial charge in [-0.3, -0.25) is 25.0 Å². The fraction of sp³-hybridized carbons (Fsp3) is 0.455. The topological polar surface area (TPSA) is 153 Å². The third kappa shape index (κ3) is 8.77. The number of aryl methyl sites for hydroxylation is 1. The van der Waals surface area contributed by atoms with Gasteiger partial charge in [-0.05, 0) is 64.0 Å². The molecule has 2 rings (SSSR count). The van der Waals surface area contributed by atoms with Crippen molar-refractivity contribution in [2.45, 2.75) is 59.0 Å². The number of para-hydroxylation sites is 1. The van der Waals surface area contributed by atoms with E-state index in [0.29, 0.717) is 25.1 Å². The molecule has 0 aliphatic rings. The number of aromatic nitrogens is 1. The first-order valence-corrected chi connectivity index (χ1v) is 11.6. The monoisotopic (exact) mass is 491 g/mol. The number of benzene rings is 1. The highest BCUT2D eigenvalue weighted by Crippen LogP contribution is 2.30. The van der Waals surface area contributed by atoms with Crippen LogP contribution in [0.5, 0.6) is 0 Å². The summed E-state index contributed by atoms with van der Waals surface area (Å²) in [7, 11) is 0. The molecule has 11 nitrogen and oxygen atoms in total. The molecule has 0 radical (unpaired) electrons. The summed E-state index contributed by atoms with van der Waals surface area (Å²) in [5, 5.41) is 18.9. The van der Waals surface area contributed by atoms with Crippen LogP contribution in [0.4, 0.5) is 20.6 Å². The highest BCUT2D eigenvalue weighted by atomic mass is 32.1. The minimum atomic E-state index is -0.551. The Hall–Kier alpha value is -3.54. The Kier molecular flexibility index (Phi) is 9.48. The first-order valence-electron chi connectivity index (χ1n) is 10.7. The van der Waals surface area contributed by atoms with Crippen LogP contribution < -0.4 is 16.0 Å². The summed E-state index contributed by atoms with van der Waals surface area (Å²) in [5.74, 6) is -0.783. The zero-order chi connectivity index (χ0) is 25.3. The van der Waals surface area contributed by atoms with Crippen molar-refractivity contribution >= 4 is 45.1 Å². The van der Waals surface area contributed by atoms with Crippen molar-refractivity contribution in [1.29, 1.82) is 0 Å². The van der Waals surface area contributed by atoms with Gasteiger partial charge in [0.05, 0.1) is 16.2 Å². The smallest absolute Gasteiger partial charge is 0.407 e. The van der Waals surface area contributed by atoms with Crippen LogP contribution in [0.1, 0.15) is 62.5 Å². The molecule has 1 aromatic carbocycles. The lowest BCUT2D eigenvalue weighted by Gasteiger charge is -2.19. The average molecular weight is 492 g/mol. The predicted octanol–water partition coefficient (Wildman–Crippen LogP) is 4.64. The number of amides is 3. The number of hydrogen-bond donors (Lipinski definition) is 3. The van der Waals surface area contributed by atoms with Crippen molar-refractivity contribution in [3.8, 4) is 0 Å². The van der Waals surface area contributed by atoms with Crippen LogP contribution in [0.3, 0.4) is 0 Å². The molecular weight excluding hydrogens is 462 g/mol. The number of alkyl carbamates (subject to hydrolysis) is 1. The highest BCUT2D eigenvalue weighted by molar-refractivity contribution is 7.19. The van der Waals surface area contributed by atoms with Crippen LogP contribution in [0.25, 0.3) is 0 Å². The summed E-state index contributed by atoms with van der Waals surface area (Å²) in [6.07, 6.45) is 1.82. The molecule has 1 heterocycles. The predicted molar refractivity (Wildman–Crippen MR) is 129 cm³/mol. The standard InChI is InChI=1S/C22H29N5O6S/c1-14-19(27(31)32)34-20(24-14)26-18(29)15-10-7-8-11-16(15)25-17(28)12-6-5-9-13-23-21(30)33-22(2,3)4/h7-8,10-11H,5-6,9,12-13H2,1-4H3,(H,23,30)(H,25,28)(H,24,26,29). The van der Waals surface area contributed by atoms with Gasteiger partial charge in [0.2, 0.25) is 5.91 Å². The summed E-state index contributed by atoms with van der Waals surface area (Å²) in [5.41, 5.74) is 0.215. The number of rotatable bonds is 10. The van der Waals surface area contributed by atoms with Gasteiger partial charge < -0.3 is 15.4 Å². The quantitative estimate of drug-likeness (QED) is 0.249. The number of carbonyl (C=O) groups excluding carboxylic acids is 3. The zero-order valence-electron chi connectivity index (χ0n) is 19.6. The molecule has 3 amide bonds. The van der Waals surface area contributed by atoms with Crippen molar-refractivity contribution < 1.29 is 24.0 Å². The Morgan fingerprint density at radius 2 is 1.82 bits per heavy atom. The molecule has 3 N–H and O–H groups in total. The molecule has 0 aliphatic carbocycles. The molecule has 0 fully saturated rings. The van der Waals surface area contributed by atoms with Gasteiger partial charge >= 0.3 is 11.1 Å². The molecule has 2 aromatic rings. The molecule has 34 heavy (non-hydrogen) atoms. The van der Waals surface area contributed by atoms with E-state index in [1.54, 1.807) is 45.0 Å². The lowest BCUT2D eigenvalue weighted by Crippen LogP contribution is -2.33. The number of carbonyl (C=O) groups is 3. The number of unbranched alkanes of at least 4 members (excludes halogenated alkanes) is 2. The van der Waals surface area contributed by atoms with Crippen molar-refractivity contribution in [1.82, 2.24) is 10.3 Å². The number of nitro groups is 1. The Labute approximate surface area is 201 Å². The second-order valence-corrected chi connectivity index (χ2v) is 9.43. The van der Waals surface area contributed by atoms with Gasteiger partial charge in [0.15, 0.2) is 5.13 Å². The second-order valence-electron chi connectivity index (χ2n) is 8.45. The van der Waals surface area contributed by atoms with Gasteiger partial charge in [0.1, 0.15) is 11.3 Å². The summed E-state index contributed by atoms with van der Waals surface area (Å²) < 4.78 is 5.15. The number of hydrogen-bond acceptors (Lipinski definition) is 8. The maximum Gasteiger partial charge on any atom is 0.407 e. The molecule has 184 valence electrons. The van der Waals surface area contributed by atoms with E-state index in [4.69, 9.17) is 4.74 Å². The van der Waals surface area contributed by atoms with Crippen LogP contribution in [0.15, 0.2) is 24.3 Å². The molecule has 0 bridgehead atoms. The van der Waals surface area contributed by atoms with E-state index in [0.717, 1.165) is 17.8 Å². The minimum Gasteiger partial charge on any atom is -0.444 e. The normalized spacial score (nSPS) is 10.9. The highest BCUT2D eigenvalue weighted by Gasteiger charge is 2.20. The molecule has 0 atom stereocenters. The Morgan fingerprint density at radius 3 is 2.47 bits per heavy atom. The summed E-state index contributed by atoms with van der Waals surface area (Å²) in [4.78, 5) is 51.0. The number of thiazole rings is 1. The van der Waals surface area contributed by atoms with Crippen molar-refractivity contribution in [3.63, 3.8) is 0 Å². The van der Waals surface area contributed by atoms with Gasteiger partial charge in [-0.25, -0.2) is 9.78 Å². The molecule has 0 unspecified atom stereocenters. The van der Waals surface area contributed by atoms with Crippen molar-refractivity contribution in [3.05, 3.63) is 45.6 Å². The van der Waals surface area contributed by atoms with Crippen LogP contribution in [0, 0.1) is 17.0 Å². The maximum atomic E-state index is 12.7. The molecule has 0 spiro atoms.